The average Bonchev–Trinajstić information content (AvgIpc) is 2.78. The van der Waals surface area contributed by atoms with E-state index >= 15 is 0 Å². The third kappa shape index (κ3) is 3.47. The van der Waals surface area contributed by atoms with Crippen LogP contribution in [0, 0.1) is 0 Å². The van der Waals surface area contributed by atoms with Gasteiger partial charge in [-0.2, -0.15) is 0 Å². The van der Waals surface area contributed by atoms with E-state index in [4.69, 9.17) is 11.6 Å². The number of hydrogen-bond donors (Lipinski definition) is 1. The first kappa shape index (κ1) is 13.9. The summed E-state index contributed by atoms with van der Waals surface area (Å²) >= 11 is 6.02. The molecule has 18 heavy (non-hydrogen) atoms. The highest BCUT2D eigenvalue weighted by molar-refractivity contribution is 6.30. The second kappa shape index (κ2) is 6.05. The van der Waals surface area contributed by atoms with Crippen LogP contribution in [-0.2, 0) is 6.54 Å². The molecule has 1 aliphatic heterocycles. The lowest BCUT2D eigenvalue weighted by molar-refractivity contribution is 0.214. The Balaban J connectivity index is 1.93. The van der Waals surface area contributed by atoms with Gasteiger partial charge in [0.05, 0.1) is 0 Å². The molecule has 1 aromatic carbocycles. The van der Waals surface area contributed by atoms with Crippen LogP contribution in [0.5, 0.6) is 0 Å². The maximum absolute atomic E-state index is 6.02. The summed E-state index contributed by atoms with van der Waals surface area (Å²) in [4.78, 5) is 2.40. The highest BCUT2D eigenvalue weighted by Crippen LogP contribution is 2.24. The number of likely N-dealkylation sites (N-methyl/N-ethyl adjacent to an activating group) is 1. The molecule has 0 spiro atoms. The van der Waals surface area contributed by atoms with Crippen molar-refractivity contribution in [3.05, 3.63) is 34.9 Å². The van der Waals surface area contributed by atoms with Crippen LogP contribution in [0.2, 0.25) is 5.02 Å². The van der Waals surface area contributed by atoms with Crippen LogP contribution >= 0.6 is 11.6 Å². The van der Waals surface area contributed by atoms with Crippen LogP contribution in [0.3, 0.4) is 0 Å². The van der Waals surface area contributed by atoms with E-state index in [2.05, 4.69) is 36.3 Å². The fraction of sp³-hybridized carbons (Fsp3) is 0.600. The first-order valence-electron chi connectivity index (χ1n) is 6.81. The van der Waals surface area contributed by atoms with E-state index in [0.29, 0.717) is 5.54 Å². The predicted octanol–water partition coefficient (Wildman–Crippen LogP) is 3.30. The Morgan fingerprint density at radius 3 is 2.89 bits per heavy atom. The van der Waals surface area contributed by atoms with Gasteiger partial charge in [0.25, 0.3) is 0 Å². The molecule has 1 heterocycles. The molecule has 1 aromatic rings. The lowest BCUT2D eigenvalue weighted by atomic mass is 9.93. The van der Waals surface area contributed by atoms with Crippen molar-refractivity contribution in [1.82, 2.24) is 10.2 Å². The Hall–Kier alpha value is -0.570. The Labute approximate surface area is 115 Å². The molecular formula is C15H23ClN2. The van der Waals surface area contributed by atoms with E-state index in [9.17, 15) is 0 Å². The van der Waals surface area contributed by atoms with Gasteiger partial charge in [-0.25, -0.2) is 0 Å². The Kier molecular flexibility index (Phi) is 4.66. The van der Waals surface area contributed by atoms with Gasteiger partial charge >= 0.3 is 0 Å². The average molecular weight is 267 g/mol. The summed E-state index contributed by atoms with van der Waals surface area (Å²) in [5, 5.41) is 4.50. The van der Waals surface area contributed by atoms with Gasteiger partial charge in [-0.1, -0.05) is 30.7 Å². The van der Waals surface area contributed by atoms with Gasteiger partial charge in [0.1, 0.15) is 0 Å². The molecule has 0 amide bonds. The van der Waals surface area contributed by atoms with Gasteiger partial charge in [0.15, 0.2) is 0 Å². The number of rotatable bonds is 5. The van der Waals surface area contributed by atoms with Crippen LogP contribution in [0.1, 0.15) is 31.7 Å². The lowest BCUT2D eigenvalue weighted by Gasteiger charge is -2.33. The molecule has 2 nitrogen and oxygen atoms in total. The van der Waals surface area contributed by atoms with Crippen molar-refractivity contribution < 1.29 is 0 Å². The highest BCUT2D eigenvalue weighted by atomic mass is 35.5. The number of hydrogen-bond acceptors (Lipinski definition) is 2. The summed E-state index contributed by atoms with van der Waals surface area (Å²) in [6, 6.07) is 8.15. The molecule has 0 saturated carbocycles. The summed E-state index contributed by atoms with van der Waals surface area (Å²) in [5.74, 6) is 0. The minimum Gasteiger partial charge on any atom is -0.310 e. The minimum absolute atomic E-state index is 0.327. The highest BCUT2D eigenvalue weighted by Gasteiger charge is 2.32. The fourth-order valence-corrected chi connectivity index (χ4v) is 3.15. The molecule has 0 bridgehead atoms. The van der Waals surface area contributed by atoms with E-state index < -0.39 is 0 Å². The second-order valence-electron chi connectivity index (χ2n) is 5.47. The van der Waals surface area contributed by atoms with E-state index in [1.54, 1.807) is 0 Å². The summed E-state index contributed by atoms with van der Waals surface area (Å²) < 4.78 is 0. The maximum Gasteiger partial charge on any atom is 0.0409 e. The summed E-state index contributed by atoms with van der Waals surface area (Å²) in [7, 11) is 2.19. The van der Waals surface area contributed by atoms with E-state index in [-0.39, 0.29) is 0 Å². The van der Waals surface area contributed by atoms with Crippen LogP contribution in [0.15, 0.2) is 24.3 Å². The minimum atomic E-state index is 0.327. The molecular weight excluding hydrogens is 244 g/mol. The van der Waals surface area contributed by atoms with Crippen molar-refractivity contribution in [3.63, 3.8) is 0 Å². The second-order valence-corrected chi connectivity index (χ2v) is 5.90. The maximum atomic E-state index is 6.02. The van der Waals surface area contributed by atoms with Crippen molar-refractivity contribution in [2.45, 2.75) is 38.3 Å². The van der Waals surface area contributed by atoms with Gasteiger partial charge in [-0.05, 0) is 50.6 Å². The van der Waals surface area contributed by atoms with E-state index in [0.717, 1.165) is 18.1 Å². The van der Waals surface area contributed by atoms with Gasteiger partial charge in [0, 0.05) is 23.7 Å². The van der Waals surface area contributed by atoms with Crippen molar-refractivity contribution in [2.24, 2.45) is 0 Å². The number of nitrogens with one attached hydrogen (secondary N) is 1. The first-order chi connectivity index (χ1) is 8.63. The standard InChI is InChI=1S/C15H23ClN2/c1-3-15(8-5-9-17-15)12-18(2)11-13-6-4-7-14(16)10-13/h4,6-7,10,17H,3,5,8-9,11-12H2,1-2H3. The SMILES string of the molecule is CCC1(CN(C)Cc2cccc(Cl)c2)CCCN1. The molecule has 1 unspecified atom stereocenters. The van der Waals surface area contributed by atoms with Crippen LogP contribution < -0.4 is 5.32 Å². The van der Waals surface area contributed by atoms with Gasteiger partial charge in [-0.15, -0.1) is 0 Å². The largest absolute Gasteiger partial charge is 0.310 e. The molecule has 3 heteroatoms. The van der Waals surface area contributed by atoms with Crippen molar-refractivity contribution in [2.75, 3.05) is 20.1 Å². The lowest BCUT2D eigenvalue weighted by Crippen LogP contribution is -2.48. The summed E-state index contributed by atoms with van der Waals surface area (Å²) in [6.45, 7) is 5.52. The molecule has 0 aliphatic carbocycles. The van der Waals surface area contributed by atoms with Crippen LogP contribution in [-0.4, -0.2) is 30.6 Å². The molecule has 0 aromatic heterocycles. The van der Waals surface area contributed by atoms with Gasteiger partial charge < -0.3 is 10.2 Å². The van der Waals surface area contributed by atoms with E-state index in [1.807, 2.05) is 12.1 Å². The van der Waals surface area contributed by atoms with Crippen LogP contribution in [0.4, 0.5) is 0 Å². The normalized spacial score (nSPS) is 23.8. The molecule has 1 atom stereocenters. The molecule has 1 fully saturated rings. The predicted molar refractivity (Wildman–Crippen MR) is 78.0 cm³/mol. The molecule has 1 aliphatic rings. The quantitative estimate of drug-likeness (QED) is 0.880. The number of nitrogens with zero attached hydrogens (tertiary/aromatic N) is 1. The third-order valence-corrected chi connectivity index (χ3v) is 4.16. The first-order valence-corrected chi connectivity index (χ1v) is 7.19. The summed E-state index contributed by atoms with van der Waals surface area (Å²) in [6.07, 6.45) is 3.80. The zero-order chi connectivity index (χ0) is 13.0. The van der Waals surface area contributed by atoms with Crippen molar-refractivity contribution in [3.8, 4) is 0 Å². The third-order valence-electron chi connectivity index (χ3n) is 3.92. The zero-order valence-corrected chi connectivity index (χ0v) is 12.1. The fourth-order valence-electron chi connectivity index (χ4n) is 2.94. The van der Waals surface area contributed by atoms with E-state index in [1.165, 1.54) is 31.4 Å². The monoisotopic (exact) mass is 266 g/mol. The molecule has 1 N–H and O–H groups in total. The van der Waals surface area contributed by atoms with Crippen molar-refractivity contribution >= 4 is 11.6 Å². The Bertz CT molecular complexity index is 386. The topological polar surface area (TPSA) is 15.3 Å². The number of benzene rings is 1. The zero-order valence-electron chi connectivity index (χ0n) is 11.4. The molecule has 1 saturated heterocycles. The summed E-state index contributed by atoms with van der Waals surface area (Å²) in [5.41, 5.74) is 1.61. The smallest absolute Gasteiger partial charge is 0.0409 e. The van der Waals surface area contributed by atoms with Crippen molar-refractivity contribution in [1.29, 1.82) is 0 Å². The molecule has 100 valence electrons. The Morgan fingerprint density at radius 2 is 2.28 bits per heavy atom. The molecule has 0 radical (unpaired) electrons. The van der Waals surface area contributed by atoms with Gasteiger partial charge in [0.2, 0.25) is 0 Å². The molecule has 2 rings (SSSR count). The number of halogens is 1. The van der Waals surface area contributed by atoms with Crippen LogP contribution in [0.25, 0.3) is 0 Å². The van der Waals surface area contributed by atoms with Gasteiger partial charge in [-0.3, -0.25) is 0 Å². The Morgan fingerprint density at radius 1 is 1.44 bits per heavy atom.